The van der Waals surface area contributed by atoms with Crippen molar-refractivity contribution < 1.29 is 4.79 Å². The zero-order valence-electron chi connectivity index (χ0n) is 18.5. The van der Waals surface area contributed by atoms with Gasteiger partial charge in [0.05, 0.1) is 0 Å². The number of nitrogens with zero attached hydrogens (tertiary/aromatic N) is 1. The van der Waals surface area contributed by atoms with E-state index >= 15 is 0 Å². The molecule has 0 saturated heterocycles. The number of anilines is 1. The summed E-state index contributed by atoms with van der Waals surface area (Å²) in [6, 6.07) is 7.91. The summed E-state index contributed by atoms with van der Waals surface area (Å²) in [6.45, 7) is 12.2. The van der Waals surface area contributed by atoms with E-state index in [1.165, 1.54) is 12.8 Å². The summed E-state index contributed by atoms with van der Waals surface area (Å²) in [5, 5.41) is 4.96. The first-order chi connectivity index (χ1) is 12.9. The zero-order valence-corrected chi connectivity index (χ0v) is 18.5. The number of amides is 1. The highest BCUT2D eigenvalue weighted by Gasteiger charge is 2.17. The van der Waals surface area contributed by atoms with Crippen LogP contribution in [0.25, 0.3) is 6.08 Å². The van der Waals surface area contributed by atoms with E-state index in [1.54, 1.807) is 0 Å². The second kappa shape index (κ2) is 14.0. The number of carbonyl (C=O) groups excluding carboxylic acids is 1. The van der Waals surface area contributed by atoms with Gasteiger partial charge in [0, 0.05) is 31.1 Å². The molecule has 0 heterocycles. The van der Waals surface area contributed by atoms with Crippen LogP contribution < -0.4 is 10.7 Å². The average Bonchev–Trinajstić information content (AvgIpc) is 2.67. The number of carbonyl (C=O) groups is 1. The van der Waals surface area contributed by atoms with Gasteiger partial charge in [0.25, 0.3) is 5.91 Å². The monoisotopic (exact) mass is 373 g/mol. The Morgan fingerprint density at radius 3 is 2.41 bits per heavy atom. The van der Waals surface area contributed by atoms with Crippen molar-refractivity contribution in [2.75, 3.05) is 19.4 Å². The molecule has 0 spiro atoms. The van der Waals surface area contributed by atoms with Crippen LogP contribution in [-0.2, 0) is 4.79 Å². The third-order valence-electron chi connectivity index (χ3n) is 4.20. The van der Waals surface area contributed by atoms with Crippen LogP contribution in [0.1, 0.15) is 66.4 Å². The molecule has 0 aliphatic carbocycles. The van der Waals surface area contributed by atoms with Crippen LogP contribution in [0.15, 0.2) is 41.6 Å². The van der Waals surface area contributed by atoms with Gasteiger partial charge < -0.3 is 10.3 Å². The number of para-hydroxylation sites is 1. The van der Waals surface area contributed by atoms with Crippen molar-refractivity contribution in [1.82, 2.24) is 10.4 Å². The van der Waals surface area contributed by atoms with E-state index in [0.717, 1.165) is 28.9 Å². The Morgan fingerprint density at radius 1 is 1.22 bits per heavy atom. The molecule has 0 unspecified atom stereocenters. The van der Waals surface area contributed by atoms with Crippen molar-refractivity contribution >= 4 is 17.7 Å². The normalized spacial score (nSPS) is 11.7. The standard InChI is InChI=1S/C21H33N3O.C2H6/c1-7-8-9-10-13-18-14-11-12-15-19(18)23-21(25)17(4)20(16(2)3)24(6)22-5;1-2/h10-16,22H,7-9H2,1-6H3,(H,23,25);1-2H3/b13-10+,20-17+;. The molecule has 0 radical (unpaired) electrons. The van der Waals surface area contributed by atoms with E-state index in [1.807, 2.05) is 64.1 Å². The van der Waals surface area contributed by atoms with Gasteiger partial charge in [0.1, 0.15) is 0 Å². The van der Waals surface area contributed by atoms with Crippen LogP contribution in [0, 0.1) is 5.92 Å². The van der Waals surface area contributed by atoms with Crippen LogP contribution in [0.4, 0.5) is 5.69 Å². The van der Waals surface area contributed by atoms with Crippen molar-refractivity contribution in [3.63, 3.8) is 0 Å². The SMILES string of the molecule is CC.CCCC/C=C/c1ccccc1NC(=O)/C(C)=C(\C(C)C)N(C)NC. The number of unbranched alkanes of at least 4 members (excludes halogenated alkanes) is 2. The Labute approximate surface area is 166 Å². The minimum atomic E-state index is -0.0693. The number of benzene rings is 1. The molecule has 4 heteroatoms. The molecule has 1 rings (SSSR count). The van der Waals surface area contributed by atoms with E-state index in [4.69, 9.17) is 0 Å². The number of nitrogens with one attached hydrogen (secondary N) is 2. The van der Waals surface area contributed by atoms with Gasteiger partial charge in [-0.1, -0.05) is 77.8 Å². The summed E-state index contributed by atoms with van der Waals surface area (Å²) in [4.78, 5) is 12.8. The first-order valence-corrected chi connectivity index (χ1v) is 10.1. The van der Waals surface area contributed by atoms with Gasteiger partial charge in [0.15, 0.2) is 0 Å². The molecule has 0 fully saturated rings. The van der Waals surface area contributed by atoms with Gasteiger partial charge in [-0.2, -0.15) is 0 Å². The molecule has 4 nitrogen and oxygen atoms in total. The maximum absolute atomic E-state index is 12.8. The second-order valence-electron chi connectivity index (χ2n) is 6.53. The summed E-state index contributed by atoms with van der Waals surface area (Å²) < 4.78 is 0. The first-order valence-electron chi connectivity index (χ1n) is 10.1. The number of rotatable bonds is 9. The average molecular weight is 374 g/mol. The summed E-state index contributed by atoms with van der Waals surface area (Å²) in [7, 11) is 3.78. The van der Waals surface area contributed by atoms with Crippen LogP contribution in [0.5, 0.6) is 0 Å². The molecule has 0 aliphatic rings. The fraction of sp³-hybridized carbons (Fsp3) is 0.522. The van der Waals surface area contributed by atoms with Gasteiger partial charge in [-0.25, -0.2) is 5.43 Å². The molecule has 1 aromatic rings. The maximum atomic E-state index is 12.8. The van der Waals surface area contributed by atoms with Gasteiger partial charge in [-0.15, -0.1) is 0 Å². The molecule has 1 aromatic carbocycles. The van der Waals surface area contributed by atoms with Crippen molar-refractivity contribution in [2.45, 2.75) is 60.8 Å². The van der Waals surface area contributed by atoms with E-state index in [-0.39, 0.29) is 11.8 Å². The Balaban J connectivity index is 0.00000326. The van der Waals surface area contributed by atoms with E-state index in [2.05, 4.69) is 43.7 Å². The van der Waals surface area contributed by atoms with E-state index in [0.29, 0.717) is 0 Å². The Kier molecular flexibility index (Phi) is 13.0. The third-order valence-corrected chi connectivity index (χ3v) is 4.20. The fourth-order valence-corrected chi connectivity index (χ4v) is 2.81. The van der Waals surface area contributed by atoms with Crippen LogP contribution >= 0.6 is 0 Å². The molecule has 0 atom stereocenters. The predicted octanol–water partition coefficient (Wildman–Crippen LogP) is 5.85. The lowest BCUT2D eigenvalue weighted by molar-refractivity contribution is -0.113. The topological polar surface area (TPSA) is 44.4 Å². The largest absolute Gasteiger partial charge is 0.322 e. The van der Waals surface area contributed by atoms with Crippen LogP contribution in [0.2, 0.25) is 0 Å². The highest BCUT2D eigenvalue weighted by atomic mass is 16.1. The lowest BCUT2D eigenvalue weighted by Gasteiger charge is -2.26. The maximum Gasteiger partial charge on any atom is 0.253 e. The zero-order chi connectivity index (χ0) is 20.8. The van der Waals surface area contributed by atoms with E-state index < -0.39 is 0 Å². The number of hydrogen-bond acceptors (Lipinski definition) is 3. The second-order valence-corrected chi connectivity index (χ2v) is 6.53. The number of hydrazine groups is 1. The molecule has 152 valence electrons. The van der Waals surface area contributed by atoms with Gasteiger partial charge in [-0.05, 0) is 30.9 Å². The number of allylic oxidation sites excluding steroid dienone is 2. The quantitative estimate of drug-likeness (QED) is 0.324. The van der Waals surface area contributed by atoms with E-state index in [9.17, 15) is 4.79 Å². The van der Waals surface area contributed by atoms with Crippen molar-refractivity contribution in [3.8, 4) is 0 Å². The summed E-state index contributed by atoms with van der Waals surface area (Å²) in [6.07, 6.45) is 7.69. The Hall–Kier alpha value is -2.07. The minimum Gasteiger partial charge on any atom is -0.322 e. The van der Waals surface area contributed by atoms with Crippen LogP contribution in [-0.4, -0.2) is 25.0 Å². The summed E-state index contributed by atoms with van der Waals surface area (Å²) >= 11 is 0. The molecule has 0 aliphatic heterocycles. The van der Waals surface area contributed by atoms with Crippen molar-refractivity contribution in [2.24, 2.45) is 5.92 Å². The first kappa shape index (κ1) is 24.9. The highest BCUT2D eigenvalue weighted by Crippen LogP contribution is 2.21. The molecule has 27 heavy (non-hydrogen) atoms. The molecule has 2 N–H and O–H groups in total. The lowest BCUT2D eigenvalue weighted by atomic mass is 10.0. The molecular weight excluding hydrogens is 334 g/mol. The van der Waals surface area contributed by atoms with Crippen LogP contribution in [0.3, 0.4) is 0 Å². The van der Waals surface area contributed by atoms with Crippen molar-refractivity contribution in [1.29, 1.82) is 0 Å². The highest BCUT2D eigenvalue weighted by molar-refractivity contribution is 6.04. The molecular formula is C23H39N3O. The molecule has 1 amide bonds. The summed E-state index contributed by atoms with van der Waals surface area (Å²) in [5.41, 5.74) is 6.66. The summed E-state index contributed by atoms with van der Waals surface area (Å²) in [5.74, 6) is 0.174. The Bertz CT molecular complexity index is 618. The Morgan fingerprint density at radius 2 is 1.85 bits per heavy atom. The minimum absolute atomic E-state index is 0.0693. The van der Waals surface area contributed by atoms with Gasteiger partial charge in [-0.3, -0.25) is 4.79 Å². The third kappa shape index (κ3) is 8.44. The van der Waals surface area contributed by atoms with Gasteiger partial charge in [0.2, 0.25) is 0 Å². The predicted molar refractivity (Wildman–Crippen MR) is 119 cm³/mol. The molecule has 0 bridgehead atoms. The lowest BCUT2D eigenvalue weighted by Crippen LogP contribution is -2.34. The molecule has 0 saturated carbocycles. The number of hydrogen-bond donors (Lipinski definition) is 2. The molecule has 0 aromatic heterocycles. The smallest absolute Gasteiger partial charge is 0.253 e. The van der Waals surface area contributed by atoms with Gasteiger partial charge >= 0.3 is 0 Å². The fourth-order valence-electron chi connectivity index (χ4n) is 2.81. The van der Waals surface area contributed by atoms with Crippen molar-refractivity contribution in [3.05, 3.63) is 47.2 Å².